The van der Waals surface area contributed by atoms with Gasteiger partial charge in [0.05, 0.1) is 12.3 Å². The molecule has 0 heterocycles. The highest BCUT2D eigenvalue weighted by Crippen LogP contribution is 2.20. The predicted octanol–water partition coefficient (Wildman–Crippen LogP) is 2.90. The summed E-state index contributed by atoms with van der Waals surface area (Å²) in [6, 6.07) is 12.5. The molecule has 2 aromatic carbocycles. The third-order valence-corrected chi connectivity index (χ3v) is 3.56. The molecule has 0 unspecified atom stereocenters. The largest absolute Gasteiger partial charge is 0.461 e. The van der Waals surface area contributed by atoms with Crippen molar-refractivity contribution in [3.8, 4) is 0 Å². The molecular formula is C18H15ClN2O5. The van der Waals surface area contributed by atoms with E-state index in [-0.39, 0.29) is 23.6 Å². The summed E-state index contributed by atoms with van der Waals surface area (Å²) in [5.41, 5.74) is -0.0923. The first-order valence-corrected chi connectivity index (χ1v) is 7.95. The summed E-state index contributed by atoms with van der Waals surface area (Å²) in [5, 5.41) is 14.4. The first-order chi connectivity index (χ1) is 12.5. The average molecular weight is 375 g/mol. The Labute approximate surface area is 154 Å². The maximum absolute atomic E-state index is 12.7. The maximum atomic E-state index is 12.7. The molecule has 0 bridgehead atoms. The van der Waals surface area contributed by atoms with Gasteiger partial charge in [-0.2, -0.15) is 0 Å². The minimum absolute atomic E-state index is 0.0107. The molecular weight excluding hydrogens is 360 g/mol. The van der Waals surface area contributed by atoms with Crippen LogP contribution in [0.15, 0.2) is 53.7 Å². The first-order valence-electron chi connectivity index (χ1n) is 7.57. The summed E-state index contributed by atoms with van der Waals surface area (Å²) in [6.45, 7) is 1.56. The molecule has 2 aromatic rings. The van der Waals surface area contributed by atoms with Crippen LogP contribution in [0.1, 0.15) is 22.8 Å². The Bertz CT molecular complexity index is 862. The van der Waals surface area contributed by atoms with Crippen LogP contribution in [0.5, 0.6) is 0 Å². The molecule has 134 valence electrons. The number of para-hydroxylation sites is 1. The normalized spacial score (nSPS) is 10.9. The van der Waals surface area contributed by atoms with E-state index in [1.54, 1.807) is 43.3 Å². The van der Waals surface area contributed by atoms with Gasteiger partial charge in [0.2, 0.25) is 0 Å². The van der Waals surface area contributed by atoms with Gasteiger partial charge in [-0.1, -0.05) is 28.9 Å². The summed E-state index contributed by atoms with van der Waals surface area (Å²) < 4.78 is 4.64. The predicted molar refractivity (Wildman–Crippen MR) is 95.8 cm³/mol. The zero-order valence-corrected chi connectivity index (χ0v) is 14.5. The van der Waals surface area contributed by atoms with Crippen molar-refractivity contribution in [3.63, 3.8) is 0 Å². The van der Waals surface area contributed by atoms with Gasteiger partial charge in [-0.25, -0.2) is 4.79 Å². The second kappa shape index (κ2) is 8.77. The first kappa shape index (κ1) is 19.1. The molecule has 1 amide bonds. The van der Waals surface area contributed by atoms with E-state index in [2.05, 4.69) is 15.2 Å². The van der Waals surface area contributed by atoms with E-state index in [1.807, 2.05) is 0 Å². The van der Waals surface area contributed by atoms with Gasteiger partial charge >= 0.3 is 5.97 Å². The summed E-state index contributed by atoms with van der Waals surface area (Å²) in [6.07, 6.45) is 0. The number of esters is 1. The number of hydrogen-bond donors (Lipinski definition) is 2. The Balaban J connectivity index is 2.29. The van der Waals surface area contributed by atoms with Crippen LogP contribution >= 0.6 is 11.6 Å². The number of nitrogens with one attached hydrogen (secondary N) is 1. The number of carbonyl (C=O) groups excluding carboxylic acids is 3. The van der Waals surface area contributed by atoms with Crippen LogP contribution in [0, 0.1) is 0 Å². The van der Waals surface area contributed by atoms with Crippen molar-refractivity contribution >= 4 is 40.7 Å². The number of ether oxygens (including phenoxy) is 1. The molecule has 8 heteroatoms. The molecule has 0 spiro atoms. The topological polar surface area (TPSA) is 105 Å². The highest BCUT2D eigenvalue weighted by molar-refractivity contribution is 6.66. The Hall–Kier alpha value is -3.19. The van der Waals surface area contributed by atoms with Gasteiger partial charge in [0.25, 0.3) is 11.6 Å². The lowest BCUT2D eigenvalue weighted by Gasteiger charge is -2.11. The zero-order valence-electron chi connectivity index (χ0n) is 13.7. The number of rotatable bonds is 6. The number of carbonyl (C=O) groups is 3. The third kappa shape index (κ3) is 4.46. The van der Waals surface area contributed by atoms with Crippen molar-refractivity contribution in [2.45, 2.75) is 6.92 Å². The van der Waals surface area contributed by atoms with Crippen molar-refractivity contribution < 1.29 is 24.3 Å². The van der Waals surface area contributed by atoms with Crippen molar-refractivity contribution in [2.24, 2.45) is 5.16 Å². The number of ketones is 1. The lowest BCUT2D eigenvalue weighted by Crippen LogP contribution is -2.32. The van der Waals surface area contributed by atoms with Crippen molar-refractivity contribution in [1.29, 1.82) is 0 Å². The molecule has 0 aliphatic heterocycles. The fraction of sp³-hybridized carbons (Fsp3) is 0.111. The number of oxime groups is 1. The monoisotopic (exact) mass is 374 g/mol. The van der Waals surface area contributed by atoms with Gasteiger partial charge in [0.1, 0.15) is 0 Å². The Kier molecular flexibility index (Phi) is 6.46. The van der Waals surface area contributed by atoms with E-state index >= 15 is 0 Å². The SMILES string of the molecule is CCOC(=O)C(=NO)C(=O)Nc1ccccc1C(=O)c1ccc(Cl)cc1. The highest BCUT2D eigenvalue weighted by Gasteiger charge is 2.24. The van der Waals surface area contributed by atoms with Crippen LogP contribution in [0.25, 0.3) is 0 Å². The second-order valence-electron chi connectivity index (χ2n) is 5.00. The van der Waals surface area contributed by atoms with E-state index in [0.717, 1.165) is 0 Å². The van der Waals surface area contributed by atoms with Gasteiger partial charge in [0, 0.05) is 16.1 Å². The molecule has 0 fully saturated rings. The molecule has 0 saturated heterocycles. The number of benzene rings is 2. The fourth-order valence-corrected chi connectivity index (χ4v) is 2.23. The Morgan fingerprint density at radius 3 is 2.38 bits per heavy atom. The van der Waals surface area contributed by atoms with Crippen molar-refractivity contribution in [1.82, 2.24) is 0 Å². The van der Waals surface area contributed by atoms with E-state index in [1.165, 1.54) is 12.1 Å². The molecule has 0 aromatic heterocycles. The smallest absolute Gasteiger partial charge is 0.366 e. The van der Waals surface area contributed by atoms with Crippen LogP contribution in [0.3, 0.4) is 0 Å². The number of nitrogens with zero attached hydrogens (tertiary/aromatic N) is 1. The minimum Gasteiger partial charge on any atom is -0.461 e. The number of anilines is 1. The lowest BCUT2D eigenvalue weighted by molar-refractivity contribution is -0.135. The third-order valence-electron chi connectivity index (χ3n) is 3.31. The summed E-state index contributed by atoms with van der Waals surface area (Å²) >= 11 is 5.82. The number of amides is 1. The molecule has 0 aliphatic carbocycles. The maximum Gasteiger partial charge on any atom is 0.366 e. The summed E-state index contributed by atoms with van der Waals surface area (Å²) in [5.74, 6) is -2.42. The van der Waals surface area contributed by atoms with Crippen LogP contribution < -0.4 is 5.32 Å². The molecule has 0 radical (unpaired) electrons. The fourth-order valence-electron chi connectivity index (χ4n) is 2.11. The van der Waals surface area contributed by atoms with E-state index in [9.17, 15) is 14.4 Å². The van der Waals surface area contributed by atoms with E-state index in [0.29, 0.717) is 10.6 Å². The quantitative estimate of drug-likeness (QED) is 0.202. The van der Waals surface area contributed by atoms with Crippen molar-refractivity contribution in [3.05, 3.63) is 64.7 Å². The Morgan fingerprint density at radius 2 is 1.77 bits per heavy atom. The van der Waals surface area contributed by atoms with Crippen LogP contribution in [-0.2, 0) is 14.3 Å². The molecule has 2 rings (SSSR count). The van der Waals surface area contributed by atoms with Gasteiger partial charge in [-0.3, -0.25) is 9.59 Å². The molecule has 0 saturated carbocycles. The van der Waals surface area contributed by atoms with Crippen LogP contribution in [0.4, 0.5) is 5.69 Å². The highest BCUT2D eigenvalue weighted by atomic mass is 35.5. The molecule has 26 heavy (non-hydrogen) atoms. The molecule has 0 aliphatic rings. The van der Waals surface area contributed by atoms with Gasteiger partial charge in [0.15, 0.2) is 5.78 Å². The van der Waals surface area contributed by atoms with Gasteiger partial charge in [-0.15, -0.1) is 0 Å². The number of hydrogen-bond acceptors (Lipinski definition) is 6. The molecule has 7 nitrogen and oxygen atoms in total. The molecule has 0 atom stereocenters. The standard InChI is InChI=1S/C18H15ClN2O5/c1-2-26-18(24)15(21-25)17(23)20-14-6-4-3-5-13(14)16(22)11-7-9-12(19)10-8-11/h3-10,25H,2H2,1H3,(H,20,23). The second-order valence-corrected chi connectivity index (χ2v) is 5.44. The van der Waals surface area contributed by atoms with Crippen molar-refractivity contribution in [2.75, 3.05) is 11.9 Å². The minimum atomic E-state index is -1.07. The summed E-state index contributed by atoms with van der Waals surface area (Å²) in [7, 11) is 0. The van der Waals surface area contributed by atoms with Crippen LogP contribution in [0.2, 0.25) is 5.02 Å². The molecule has 2 N–H and O–H groups in total. The number of halogens is 1. The van der Waals surface area contributed by atoms with Gasteiger partial charge in [-0.05, 0) is 43.3 Å². The summed E-state index contributed by atoms with van der Waals surface area (Å²) in [4.78, 5) is 36.5. The lowest BCUT2D eigenvalue weighted by atomic mass is 10.0. The van der Waals surface area contributed by atoms with Gasteiger partial charge < -0.3 is 15.3 Å². The zero-order chi connectivity index (χ0) is 19.1. The Morgan fingerprint density at radius 1 is 1.12 bits per heavy atom. The van der Waals surface area contributed by atoms with E-state index < -0.39 is 17.6 Å². The average Bonchev–Trinajstić information content (AvgIpc) is 2.63. The van der Waals surface area contributed by atoms with Crippen LogP contribution in [-0.4, -0.2) is 35.2 Å². The van der Waals surface area contributed by atoms with E-state index in [4.69, 9.17) is 16.8 Å².